The number of carbonyl (C=O) groups excluding carboxylic acids is 1. The van der Waals surface area contributed by atoms with Crippen molar-refractivity contribution >= 4 is 34.1 Å². The number of hydrogen-bond acceptors (Lipinski definition) is 4. The van der Waals surface area contributed by atoms with Gasteiger partial charge in [0.05, 0.1) is 11.5 Å². The molecule has 1 fully saturated rings. The van der Waals surface area contributed by atoms with Gasteiger partial charge in [0.1, 0.15) is 5.04 Å². The van der Waals surface area contributed by atoms with Crippen LogP contribution in [0.2, 0.25) is 0 Å². The number of amides is 1. The Hall–Kier alpha value is -2.40. The van der Waals surface area contributed by atoms with E-state index in [1.54, 1.807) is 0 Å². The fourth-order valence-corrected chi connectivity index (χ4v) is 4.70. The molecule has 4 rings (SSSR count). The minimum atomic E-state index is -0.326. The lowest BCUT2D eigenvalue weighted by atomic mass is 9.83. The molecule has 0 aromatic heterocycles. The second-order valence-electron chi connectivity index (χ2n) is 8.11. The maximum absolute atomic E-state index is 12.5. The van der Waals surface area contributed by atoms with Gasteiger partial charge in [0.15, 0.2) is 5.66 Å². The quantitative estimate of drug-likeness (QED) is 0.733. The summed E-state index contributed by atoms with van der Waals surface area (Å²) in [5, 5.41) is 3.86. The fourth-order valence-electron chi connectivity index (χ4n) is 3.82. The molecule has 1 aliphatic heterocycles. The summed E-state index contributed by atoms with van der Waals surface area (Å²) < 4.78 is 0. The average molecular weight is 406 g/mol. The van der Waals surface area contributed by atoms with Gasteiger partial charge in [-0.1, -0.05) is 66.7 Å². The molecule has 29 heavy (non-hydrogen) atoms. The van der Waals surface area contributed by atoms with E-state index in [4.69, 9.17) is 9.98 Å². The van der Waals surface area contributed by atoms with Gasteiger partial charge in [-0.2, -0.15) is 0 Å². The van der Waals surface area contributed by atoms with Gasteiger partial charge in [0.25, 0.3) is 0 Å². The second kappa shape index (κ2) is 8.54. The molecule has 2 aromatic rings. The molecule has 2 aromatic carbocycles. The van der Waals surface area contributed by atoms with Crippen molar-refractivity contribution in [1.29, 1.82) is 0 Å². The standard InChI is InChI=1S/C24H27N3OS/c1-17-8-10-20(11-9-17)25-21(28)16-29-23-22(19-6-4-3-5-7-19)26-24(27-23)14-12-18(2)13-15-24/h3-11,18H,12-16H2,1-2H3,(H,25,28). The molecule has 1 heterocycles. The van der Waals surface area contributed by atoms with Gasteiger partial charge in [0.2, 0.25) is 5.91 Å². The molecule has 0 bridgehead atoms. The summed E-state index contributed by atoms with van der Waals surface area (Å²) in [4.78, 5) is 22.6. The maximum atomic E-state index is 12.5. The molecule has 1 saturated carbocycles. The molecule has 1 N–H and O–H groups in total. The summed E-state index contributed by atoms with van der Waals surface area (Å²) in [5.74, 6) is 1.04. The summed E-state index contributed by atoms with van der Waals surface area (Å²) in [7, 11) is 0. The van der Waals surface area contributed by atoms with E-state index in [1.807, 2.05) is 49.4 Å². The number of rotatable bonds is 4. The van der Waals surface area contributed by atoms with Gasteiger partial charge in [-0.25, -0.2) is 4.99 Å². The lowest BCUT2D eigenvalue weighted by Gasteiger charge is -2.30. The van der Waals surface area contributed by atoms with Crippen molar-refractivity contribution in [2.24, 2.45) is 15.9 Å². The SMILES string of the molecule is Cc1ccc(NC(=O)CSC2=NC3(CCC(C)CC3)N=C2c2ccccc2)cc1. The first-order valence-electron chi connectivity index (χ1n) is 10.3. The molecular weight excluding hydrogens is 378 g/mol. The van der Waals surface area contributed by atoms with Gasteiger partial charge in [-0.15, -0.1) is 0 Å². The Labute approximate surface area is 176 Å². The number of nitrogens with zero attached hydrogens (tertiary/aromatic N) is 2. The third-order valence-electron chi connectivity index (χ3n) is 5.63. The van der Waals surface area contributed by atoms with Crippen molar-refractivity contribution in [3.05, 3.63) is 65.7 Å². The smallest absolute Gasteiger partial charge is 0.234 e. The van der Waals surface area contributed by atoms with Crippen molar-refractivity contribution in [3.8, 4) is 0 Å². The predicted octanol–water partition coefficient (Wildman–Crippen LogP) is 5.47. The van der Waals surface area contributed by atoms with Gasteiger partial charge < -0.3 is 5.32 Å². The highest BCUT2D eigenvalue weighted by atomic mass is 32.2. The monoisotopic (exact) mass is 405 g/mol. The van der Waals surface area contributed by atoms with E-state index in [-0.39, 0.29) is 11.6 Å². The molecular formula is C24H27N3OS. The van der Waals surface area contributed by atoms with Crippen molar-refractivity contribution in [2.75, 3.05) is 11.1 Å². The number of anilines is 1. The zero-order chi connectivity index (χ0) is 20.3. The third kappa shape index (κ3) is 4.78. The minimum absolute atomic E-state index is 0.0211. The lowest BCUT2D eigenvalue weighted by Crippen LogP contribution is -2.28. The molecule has 150 valence electrons. The number of thioether (sulfide) groups is 1. The summed E-state index contributed by atoms with van der Waals surface area (Å²) >= 11 is 1.49. The van der Waals surface area contributed by atoms with Gasteiger partial charge in [-0.3, -0.25) is 9.79 Å². The first-order chi connectivity index (χ1) is 14.0. The zero-order valence-corrected chi connectivity index (χ0v) is 17.8. The molecule has 2 aliphatic rings. The van der Waals surface area contributed by atoms with Crippen LogP contribution in [0.15, 0.2) is 64.6 Å². The normalized spacial score (nSPS) is 23.6. The van der Waals surface area contributed by atoms with Crippen LogP contribution in [0.25, 0.3) is 0 Å². The first-order valence-corrected chi connectivity index (χ1v) is 11.3. The highest BCUT2D eigenvalue weighted by molar-refractivity contribution is 8.16. The van der Waals surface area contributed by atoms with E-state index >= 15 is 0 Å². The highest BCUT2D eigenvalue weighted by Gasteiger charge is 2.39. The minimum Gasteiger partial charge on any atom is -0.325 e. The van der Waals surface area contributed by atoms with Crippen LogP contribution < -0.4 is 5.32 Å². The van der Waals surface area contributed by atoms with Crippen LogP contribution in [-0.2, 0) is 4.79 Å². The number of carbonyl (C=O) groups is 1. The van der Waals surface area contributed by atoms with E-state index in [0.717, 1.165) is 53.6 Å². The van der Waals surface area contributed by atoms with Crippen LogP contribution in [0.3, 0.4) is 0 Å². The van der Waals surface area contributed by atoms with Crippen LogP contribution in [0, 0.1) is 12.8 Å². The molecule has 0 unspecified atom stereocenters. The van der Waals surface area contributed by atoms with Crippen LogP contribution in [0.5, 0.6) is 0 Å². The van der Waals surface area contributed by atoms with E-state index < -0.39 is 0 Å². The Morgan fingerprint density at radius 2 is 1.76 bits per heavy atom. The molecule has 4 nitrogen and oxygen atoms in total. The van der Waals surface area contributed by atoms with Crippen LogP contribution in [0.4, 0.5) is 5.69 Å². The number of hydrogen-bond donors (Lipinski definition) is 1. The summed E-state index contributed by atoms with van der Waals surface area (Å²) in [6.45, 7) is 4.34. The van der Waals surface area contributed by atoms with E-state index in [2.05, 4.69) is 24.4 Å². The molecule has 1 amide bonds. The maximum Gasteiger partial charge on any atom is 0.234 e. The van der Waals surface area contributed by atoms with Gasteiger partial charge in [0, 0.05) is 11.3 Å². The highest BCUT2D eigenvalue weighted by Crippen LogP contribution is 2.40. The Morgan fingerprint density at radius 3 is 2.45 bits per heavy atom. The number of nitrogens with one attached hydrogen (secondary N) is 1. The third-order valence-corrected chi connectivity index (χ3v) is 6.59. The second-order valence-corrected chi connectivity index (χ2v) is 9.08. The van der Waals surface area contributed by atoms with Gasteiger partial charge in [-0.05, 0) is 50.7 Å². The van der Waals surface area contributed by atoms with E-state index in [0.29, 0.717) is 5.75 Å². The average Bonchev–Trinajstić information content (AvgIpc) is 3.10. The predicted molar refractivity (Wildman–Crippen MR) is 123 cm³/mol. The molecule has 0 atom stereocenters. The molecule has 0 radical (unpaired) electrons. The Balaban J connectivity index is 1.48. The van der Waals surface area contributed by atoms with E-state index in [9.17, 15) is 4.79 Å². The van der Waals surface area contributed by atoms with Crippen molar-refractivity contribution in [1.82, 2.24) is 0 Å². The lowest BCUT2D eigenvalue weighted by molar-refractivity contribution is -0.113. The Bertz CT molecular complexity index is 926. The van der Waals surface area contributed by atoms with Crippen LogP contribution in [0.1, 0.15) is 43.7 Å². The molecule has 1 spiro atoms. The molecule has 5 heteroatoms. The molecule has 0 saturated heterocycles. The van der Waals surface area contributed by atoms with Crippen LogP contribution in [-0.4, -0.2) is 28.1 Å². The van der Waals surface area contributed by atoms with Crippen molar-refractivity contribution in [3.63, 3.8) is 0 Å². The summed E-state index contributed by atoms with van der Waals surface area (Å²) in [6, 6.07) is 18.1. The van der Waals surface area contributed by atoms with E-state index in [1.165, 1.54) is 17.3 Å². The number of aryl methyl sites for hydroxylation is 1. The largest absolute Gasteiger partial charge is 0.325 e. The van der Waals surface area contributed by atoms with Crippen molar-refractivity contribution < 1.29 is 4.79 Å². The van der Waals surface area contributed by atoms with Crippen LogP contribution >= 0.6 is 11.8 Å². The van der Waals surface area contributed by atoms with Gasteiger partial charge >= 0.3 is 0 Å². The fraction of sp³-hybridized carbons (Fsp3) is 0.375. The summed E-state index contributed by atoms with van der Waals surface area (Å²) in [5.41, 5.74) is 3.69. The summed E-state index contributed by atoms with van der Waals surface area (Å²) in [6.07, 6.45) is 4.29. The Morgan fingerprint density at radius 1 is 1.07 bits per heavy atom. The van der Waals surface area contributed by atoms with Crippen molar-refractivity contribution in [2.45, 2.75) is 45.2 Å². The zero-order valence-electron chi connectivity index (χ0n) is 17.0. The number of aliphatic imine (C=N–C) groups is 2. The topological polar surface area (TPSA) is 53.8 Å². The molecule has 1 aliphatic carbocycles. The number of benzene rings is 2. The first kappa shape index (κ1) is 19.9. The Kier molecular flexibility index (Phi) is 5.86.